The fourth-order valence-electron chi connectivity index (χ4n) is 3.05. The van der Waals surface area contributed by atoms with Crippen molar-refractivity contribution >= 4 is 45.2 Å². The molecule has 2 aromatic rings. The van der Waals surface area contributed by atoms with Crippen molar-refractivity contribution < 1.29 is 13.6 Å². The summed E-state index contributed by atoms with van der Waals surface area (Å²) in [4.78, 5) is 2.23. The first-order valence-electron chi connectivity index (χ1n) is 7.81. The van der Waals surface area contributed by atoms with Gasteiger partial charge in [-0.2, -0.15) is 0 Å². The van der Waals surface area contributed by atoms with E-state index in [1.165, 1.54) is 11.3 Å². The monoisotopic (exact) mass is 373 g/mol. The zero-order valence-electron chi connectivity index (χ0n) is 13.6. The van der Waals surface area contributed by atoms with Crippen molar-refractivity contribution in [2.24, 2.45) is 0 Å². The van der Waals surface area contributed by atoms with Gasteiger partial charge in [-0.1, -0.05) is 11.6 Å². The summed E-state index contributed by atoms with van der Waals surface area (Å²) in [6.07, 6.45) is 0.892. The zero-order chi connectivity index (χ0) is 16.6. The number of halogens is 1. The van der Waals surface area contributed by atoms with E-state index < -0.39 is 7.60 Å². The quantitative estimate of drug-likeness (QED) is 0.726. The summed E-state index contributed by atoms with van der Waals surface area (Å²) >= 11 is 7.94. The van der Waals surface area contributed by atoms with Gasteiger partial charge in [-0.25, -0.2) is 0 Å². The normalized spacial score (nSPS) is 16.0. The molecular weight excluding hydrogens is 353 g/mol. The molecule has 1 aromatic carbocycles. The Morgan fingerprint density at radius 1 is 1.26 bits per heavy atom. The number of hydrogen-bond acceptors (Lipinski definition) is 5. The van der Waals surface area contributed by atoms with Crippen molar-refractivity contribution in [3.63, 3.8) is 0 Å². The maximum absolute atomic E-state index is 13.3. The Labute approximate surface area is 145 Å². The van der Waals surface area contributed by atoms with Crippen molar-refractivity contribution in [3.05, 3.63) is 28.3 Å². The molecule has 1 aliphatic rings. The molecule has 7 heteroatoms. The van der Waals surface area contributed by atoms with E-state index in [9.17, 15) is 4.57 Å². The molecule has 0 unspecified atom stereocenters. The number of thiophene rings is 1. The standard InChI is InChI=1S/C16H21ClNO3PS/c1-4-20-22(19,21-5-2)16-12-10-18(3)9-8-11-13(17)6-7-14(23-16)15(11)12/h6-7H,4-5,8-10H2,1-3H3. The molecule has 2 heterocycles. The van der Waals surface area contributed by atoms with Gasteiger partial charge in [0.05, 0.1) is 13.2 Å². The topological polar surface area (TPSA) is 38.8 Å². The van der Waals surface area contributed by atoms with E-state index in [1.54, 1.807) is 0 Å². The van der Waals surface area contributed by atoms with Crippen molar-refractivity contribution in [2.75, 3.05) is 26.8 Å². The molecular formula is C16H21ClNO3PS. The third kappa shape index (κ3) is 3.11. The largest absolute Gasteiger partial charge is 0.371 e. The molecule has 4 nitrogen and oxygen atoms in total. The average Bonchev–Trinajstić information content (AvgIpc) is 2.76. The number of rotatable bonds is 5. The lowest BCUT2D eigenvalue weighted by Gasteiger charge is -2.19. The molecule has 126 valence electrons. The minimum atomic E-state index is -3.30. The predicted octanol–water partition coefficient (Wildman–Crippen LogP) is 4.43. The maximum atomic E-state index is 13.3. The summed E-state index contributed by atoms with van der Waals surface area (Å²) in [6, 6.07) is 3.94. The summed E-state index contributed by atoms with van der Waals surface area (Å²) in [6.45, 7) is 6.04. The molecule has 23 heavy (non-hydrogen) atoms. The van der Waals surface area contributed by atoms with Crippen molar-refractivity contribution in [2.45, 2.75) is 26.8 Å². The second-order valence-corrected chi connectivity index (χ2v) is 9.33. The van der Waals surface area contributed by atoms with Gasteiger partial charge >= 0.3 is 7.60 Å². The van der Waals surface area contributed by atoms with Gasteiger partial charge in [0.15, 0.2) is 0 Å². The minimum absolute atomic E-state index is 0.356. The Balaban J connectivity index is 2.27. The van der Waals surface area contributed by atoms with Crippen LogP contribution in [0.5, 0.6) is 0 Å². The third-order valence-corrected chi connectivity index (χ3v) is 8.26. The highest BCUT2D eigenvalue weighted by Crippen LogP contribution is 2.52. The number of nitrogens with zero attached hydrogens (tertiary/aromatic N) is 1. The first-order valence-corrected chi connectivity index (χ1v) is 10.5. The molecule has 0 fully saturated rings. The summed E-state index contributed by atoms with van der Waals surface area (Å²) < 4.78 is 26.3. The van der Waals surface area contributed by atoms with Crippen LogP contribution in [0.3, 0.4) is 0 Å². The lowest BCUT2D eigenvalue weighted by molar-refractivity contribution is 0.230. The number of hydrogen-bond donors (Lipinski definition) is 0. The van der Waals surface area contributed by atoms with Crippen LogP contribution in [-0.4, -0.2) is 31.7 Å². The lowest BCUT2D eigenvalue weighted by Crippen LogP contribution is -2.22. The lowest BCUT2D eigenvalue weighted by atomic mass is 10.1. The smallest absolute Gasteiger partial charge is 0.305 e. The predicted molar refractivity (Wildman–Crippen MR) is 97.4 cm³/mol. The summed E-state index contributed by atoms with van der Waals surface area (Å²) in [5.74, 6) is 0. The van der Waals surface area contributed by atoms with Crippen LogP contribution in [-0.2, 0) is 26.6 Å². The van der Waals surface area contributed by atoms with Crippen LogP contribution in [0.2, 0.25) is 5.02 Å². The molecule has 0 saturated heterocycles. The van der Waals surface area contributed by atoms with Gasteiger partial charge < -0.3 is 13.9 Å². The van der Waals surface area contributed by atoms with Gasteiger partial charge in [-0.15, -0.1) is 11.3 Å². The fourth-order valence-corrected chi connectivity index (χ4v) is 6.84. The van der Waals surface area contributed by atoms with Gasteiger partial charge in [-0.3, -0.25) is 4.57 Å². The van der Waals surface area contributed by atoms with E-state index in [4.69, 9.17) is 20.6 Å². The molecule has 0 N–H and O–H groups in total. The van der Waals surface area contributed by atoms with Gasteiger partial charge in [0, 0.05) is 33.8 Å². The van der Waals surface area contributed by atoms with Crippen LogP contribution in [0.25, 0.3) is 10.1 Å². The Morgan fingerprint density at radius 3 is 2.61 bits per heavy atom. The van der Waals surface area contributed by atoms with Crippen molar-refractivity contribution in [1.82, 2.24) is 4.90 Å². The molecule has 0 amide bonds. The van der Waals surface area contributed by atoms with Crippen LogP contribution in [0.4, 0.5) is 0 Å². The van der Waals surface area contributed by atoms with E-state index in [1.807, 2.05) is 26.0 Å². The first kappa shape index (κ1) is 17.4. The highest BCUT2D eigenvalue weighted by atomic mass is 35.5. The minimum Gasteiger partial charge on any atom is -0.305 e. The zero-order valence-corrected chi connectivity index (χ0v) is 16.1. The number of benzene rings is 1. The molecule has 1 aromatic heterocycles. The molecule has 0 bridgehead atoms. The molecule has 0 spiro atoms. The maximum Gasteiger partial charge on any atom is 0.371 e. The summed E-state index contributed by atoms with van der Waals surface area (Å²) in [5.41, 5.74) is 2.19. The van der Waals surface area contributed by atoms with Gasteiger partial charge in [0.1, 0.15) is 4.62 Å². The first-order chi connectivity index (χ1) is 11.0. The Bertz CT molecular complexity index is 766. The van der Waals surface area contributed by atoms with Gasteiger partial charge in [0.25, 0.3) is 0 Å². The van der Waals surface area contributed by atoms with Crippen molar-refractivity contribution in [3.8, 4) is 0 Å². The van der Waals surface area contributed by atoms with E-state index >= 15 is 0 Å². The van der Waals surface area contributed by atoms with Crippen LogP contribution in [0.1, 0.15) is 25.0 Å². The number of likely N-dealkylation sites (N-methyl/N-ethyl adjacent to an activating group) is 1. The molecule has 0 radical (unpaired) electrons. The van der Waals surface area contributed by atoms with E-state index in [0.717, 1.165) is 50.4 Å². The molecule has 0 saturated carbocycles. The summed E-state index contributed by atoms with van der Waals surface area (Å²) in [7, 11) is -1.23. The molecule has 0 atom stereocenters. The van der Waals surface area contributed by atoms with Crippen LogP contribution in [0, 0.1) is 0 Å². The second-order valence-electron chi connectivity index (χ2n) is 5.61. The average molecular weight is 374 g/mol. The van der Waals surface area contributed by atoms with Crippen molar-refractivity contribution in [1.29, 1.82) is 0 Å². The van der Waals surface area contributed by atoms with E-state index in [2.05, 4.69) is 11.9 Å². The highest BCUT2D eigenvalue weighted by Gasteiger charge is 2.35. The third-order valence-electron chi connectivity index (χ3n) is 4.00. The van der Waals surface area contributed by atoms with E-state index in [-0.39, 0.29) is 0 Å². The summed E-state index contributed by atoms with van der Waals surface area (Å²) in [5, 5.41) is 1.92. The fraction of sp³-hybridized carbons (Fsp3) is 0.500. The van der Waals surface area contributed by atoms with Gasteiger partial charge in [-0.05, 0) is 45.0 Å². The van der Waals surface area contributed by atoms with Crippen LogP contribution in [0.15, 0.2) is 12.1 Å². The van der Waals surface area contributed by atoms with Crippen LogP contribution < -0.4 is 4.62 Å². The molecule has 0 aliphatic carbocycles. The van der Waals surface area contributed by atoms with Gasteiger partial charge in [0.2, 0.25) is 0 Å². The molecule has 3 rings (SSSR count). The SMILES string of the molecule is CCOP(=O)(OCC)c1sc2ccc(Cl)c3c2c1CN(C)CC3. The Morgan fingerprint density at radius 2 is 1.96 bits per heavy atom. The Hall–Kier alpha value is -0.420. The highest BCUT2D eigenvalue weighted by molar-refractivity contribution is 7.69. The van der Waals surface area contributed by atoms with E-state index in [0.29, 0.717) is 13.2 Å². The molecule has 1 aliphatic heterocycles. The second kappa shape index (κ2) is 6.83. The van der Waals surface area contributed by atoms with Crippen LogP contribution >= 0.6 is 30.5 Å². The Kier molecular flexibility index (Phi) is 5.17.